The van der Waals surface area contributed by atoms with Crippen molar-refractivity contribution in [3.8, 4) is 5.82 Å². The Morgan fingerprint density at radius 3 is 2.13 bits per heavy atom. The minimum atomic E-state index is -5.10. The molecule has 2 amide bonds. The van der Waals surface area contributed by atoms with Gasteiger partial charge in [0.2, 0.25) is 0 Å². The molecular weight excluding hydrogens is 534 g/mol. The molecule has 3 heterocycles. The van der Waals surface area contributed by atoms with E-state index in [1.165, 1.54) is 29.9 Å². The van der Waals surface area contributed by atoms with Gasteiger partial charge in [0.15, 0.2) is 11.6 Å². The minimum Gasteiger partial charge on any atom is -0.378 e. The number of hydrogen-bond acceptors (Lipinski definition) is 6. The predicted octanol–water partition coefficient (Wildman–Crippen LogP) is 3.97. The number of hydrogen-bond donors (Lipinski definition) is 1. The number of halogens is 6. The summed E-state index contributed by atoms with van der Waals surface area (Å²) >= 11 is 0. The van der Waals surface area contributed by atoms with Gasteiger partial charge >= 0.3 is 12.4 Å². The molecule has 39 heavy (non-hydrogen) atoms. The molecule has 1 fully saturated rings. The fraction of sp³-hybridized carbons (Fsp3) is 0.375. The van der Waals surface area contributed by atoms with E-state index in [1.54, 1.807) is 11.8 Å². The highest BCUT2D eigenvalue weighted by atomic mass is 19.4. The van der Waals surface area contributed by atoms with Crippen molar-refractivity contribution >= 4 is 11.8 Å². The summed E-state index contributed by atoms with van der Waals surface area (Å²) < 4.78 is 85.7. The van der Waals surface area contributed by atoms with E-state index in [0.717, 1.165) is 0 Å². The van der Waals surface area contributed by atoms with Gasteiger partial charge in [0, 0.05) is 24.8 Å². The maximum atomic E-state index is 13.2. The molecule has 1 atom stereocenters. The normalized spacial score (nSPS) is 15.2. The maximum Gasteiger partial charge on any atom is 0.416 e. The topological polar surface area (TPSA) is 102 Å². The number of amides is 2. The predicted molar refractivity (Wildman–Crippen MR) is 123 cm³/mol. The Morgan fingerprint density at radius 2 is 1.59 bits per heavy atom. The zero-order valence-electron chi connectivity index (χ0n) is 20.6. The summed E-state index contributed by atoms with van der Waals surface area (Å²) in [6, 6.07) is 2.67. The van der Waals surface area contributed by atoms with Gasteiger partial charge in [-0.1, -0.05) is 0 Å². The van der Waals surface area contributed by atoms with E-state index in [1.807, 2.05) is 0 Å². The van der Waals surface area contributed by atoms with Crippen LogP contribution in [0.5, 0.6) is 0 Å². The van der Waals surface area contributed by atoms with Crippen molar-refractivity contribution < 1.29 is 40.7 Å². The molecular formula is C24H22F6N6O3. The molecule has 1 N–H and O–H groups in total. The molecule has 1 aromatic carbocycles. The van der Waals surface area contributed by atoms with Gasteiger partial charge in [0.25, 0.3) is 11.8 Å². The molecule has 1 unspecified atom stereocenters. The third kappa shape index (κ3) is 6.35. The van der Waals surface area contributed by atoms with Crippen molar-refractivity contribution in [2.24, 2.45) is 0 Å². The van der Waals surface area contributed by atoms with Crippen LogP contribution < -0.4 is 5.32 Å². The molecule has 15 heteroatoms. The molecule has 3 aromatic rings. The minimum absolute atomic E-state index is 0.0562. The zero-order chi connectivity index (χ0) is 28.5. The molecule has 0 aliphatic carbocycles. The standard InChI is InChI=1S/C24H22F6N6O3/c1-13(32-21(37)16-9-17(23(25,26)27)11-18(10-16)24(28,29)30)20-33-14(2)34-36(20)19-4-3-15(12-31-19)22(38)35-5-7-39-8-6-35/h3-4,9-13H,5-8H2,1-2H3,(H,32,37). The maximum absolute atomic E-state index is 13.2. The van der Waals surface area contributed by atoms with E-state index in [4.69, 9.17) is 4.74 Å². The number of benzene rings is 1. The lowest BCUT2D eigenvalue weighted by atomic mass is 10.0. The van der Waals surface area contributed by atoms with Crippen LogP contribution in [0.25, 0.3) is 5.82 Å². The summed E-state index contributed by atoms with van der Waals surface area (Å²) in [5.74, 6) is -0.801. The Kier molecular flexibility index (Phi) is 7.63. The fourth-order valence-corrected chi connectivity index (χ4v) is 3.90. The van der Waals surface area contributed by atoms with Crippen LogP contribution in [0.1, 0.15) is 56.5 Å². The van der Waals surface area contributed by atoms with Gasteiger partial charge in [-0.25, -0.2) is 9.97 Å². The van der Waals surface area contributed by atoms with Crippen LogP contribution in [0.15, 0.2) is 36.5 Å². The number of ether oxygens (including phenoxy) is 1. The molecule has 0 radical (unpaired) electrons. The molecule has 9 nitrogen and oxygen atoms in total. The van der Waals surface area contributed by atoms with Crippen molar-refractivity contribution in [1.82, 2.24) is 30.0 Å². The second-order valence-corrected chi connectivity index (χ2v) is 8.73. The highest BCUT2D eigenvalue weighted by molar-refractivity contribution is 5.95. The van der Waals surface area contributed by atoms with Gasteiger partial charge < -0.3 is 15.0 Å². The molecule has 4 rings (SSSR count). The number of morpholine rings is 1. The molecule has 0 bridgehead atoms. The largest absolute Gasteiger partial charge is 0.416 e. The van der Waals surface area contributed by atoms with Crippen LogP contribution in [0.4, 0.5) is 26.3 Å². The van der Waals surface area contributed by atoms with Gasteiger partial charge in [-0.05, 0) is 44.2 Å². The van der Waals surface area contributed by atoms with E-state index < -0.39 is 41.0 Å². The van der Waals surface area contributed by atoms with E-state index >= 15 is 0 Å². The highest BCUT2D eigenvalue weighted by Gasteiger charge is 2.37. The third-order valence-electron chi connectivity index (χ3n) is 5.83. The number of nitrogens with one attached hydrogen (secondary N) is 1. The van der Waals surface area contributed by atoms with Crippen molar-refractivity contribution in [3.05, 3.63) is 70.4 Å². The lowest BCUT2D eigenvalue weighted by Crippen LogP contribution is -2.40. The summed E-state index contributed by atoms with van der Waals surface area (Å²) in [7, 11) is 0. The Morgan fingerprint density at radius 1 is 0.974 bits per heavy atom. The highest BCUT2D eigenvalue weighted by Crippen LogP contribution is 2.36. The summed E-state index contributed by atoms with van der Waals surface area (Å²) in [6.45, 7) is 4.74. The first-order valence-corrected chi connectivity index (χ1v) is 11.6. The van der Waals surface area contributed by atoms with Gasteiger partial charge in [0.05, 0.1) is 35.9 Å². The monoisotopic (exact) mass is 556 g/mol. The summed E-state index contributed by atoms with van der Waals surface area (Å²) in [4.78, 5) is 35.5. The Hall–Kier alpha value is -4.01. The van der Waals surface area contributed by atoms with Gasteiger partial charge in [-0.3, -0.25) is 9.59 Å². The number of aryl methyl sites for hydroxylation is 1. The van der Waals surface area contributed by atoms with Crippen LogP contribution in [-0.4, -0.2) is 62.8 Å². The van der Waals surface area contributed by atoms with E-state index in [-0.39, 0.29) is 29.4 Å². The third-order valence-corrected chi connectivity index (χ3v) is 5.83. The molecule has 1 aliphatic rings. The molecule has 0 spiro atoms. The number of aromatic nitrogens is 4. The van der Waals surface area contributed by atoms with E-state index in [2.05, 4.69) is 20.4 Å². The first kappa shape index (κ1) is 28.0. The lowest BCUT2D eigenvalue weighted by molar-refractivity contribution is -0.143. The number of carbonyl (C=O) groups is 2. The average molecular weight is 556 g/mol. The van der Waals surface area contributed by atoms with Crippen LogP contribution in [0.2, 0.25) is 0 Å². The zero-order valence-corrected chi connectivity index (χ0v) is 20.6. The van der Waals surface area contributed by atoms with Crippen LogP contribution >= 0.6 is 0 Å². The lowest BCUT2D eigenvalue weighted by Gasteiger charge is -2.26. The van der Waals surface area contributed by atoms with Crippen molar-refractivity contribution in [2.75, 3.05) is 26.3 Å². The molecule has 208 valence electrons. The van der Waals surface area contributed by atoms with E-state index in [0.29, 0.717) is 44.0 Å². The Labute approximate surface area is 217 Å². The van der Waals surface area contributed by atoms with Crippen molar-refractivity contribution in [1.29, 1.82) is 0 Å². The second-order valence-electron chi connectivity index (χ2n) is 8.73. The van der Waals surface area contributed by atoms with Crippen molar-refractivity contribution in [3.63, 3.8) is 0 Å². The van der Waals surface area contributed by atoms with Crippen molar-refractivity contribution in [2.45, 2.75) is 32.2 Å². The van der Waals surface area contributed by atoms with Crippen LogP contribution in [0.3, 0.4) is 0 Å². The first-order valence-electron chi connectivity index (χ1n) is 11.6. The summed E-state index contributed by atoms with van der Waals surface area (Å²) in [6.07, 6.45) is -8.85. The number of nitrogens with zero attached hydrogens (tertiary/aromatic N) is 5. The van der Waals surface area contributed by atoms with Crippen LogP contribution in [-0.2, 0) is 17.1 Å². The molecule has 1 aliphatic heterocycles. The molecule has 0 saturated carbocycles. The Bertz CT molecular complexity index is 1330. The van der Waals surface area contributed by atoms with Gasteiger partial charge in [-0.2, -0.15) is 31.0 Å². The Balaban J connectivity index is 1.57. The van der Waals surface area contributed by atoms with E-state index in [9.17, 15) is 35.9 Å². The SMILES string of the molecule is Cc1nc(C(C)NC(=O)c2cc(C(F)(F)F)cc(C(F)(F)F)c2)n(-c2ccc(C(=O)N3CCOCC3)cn2)n1. The number of alkyl halides is 6. The summed E-state index contributed by atoms with van der Waals surface area (Å²) in [5.41, 5.74) is -3.71. The fourth-order valence-electron chi connectivity index (χ4n) is 3.90. The second kappa shape index (κ2) is 10.6. The quantitative estimate of drug-likeness (QED) is 0.478. The smallest absolute Gasteiger partial charge is 0.378 e. The number of rotatable bonds is 5. The summed E-state index contributed by atoms with van der Waals surface area (Å²) in [5, 5.41) is 6.59. The molecule has 1 saturated heterocycles. The first-order chi connectivity index (χ1) is 18.2. The number of pyridine rings is 1. The average Bonchev–Trinajstić information content (AvgIpc) is 3.29. The van der Waals surface area contributed by atoms with Crippen LogP contribution in [0, 0.1) is 6.92 Å². The van der Waals surface area contributed by atoms with Gasteiger partial charge in [-0.15, -0.1) is 5.10 Å². The number of carbonyl (C=O) groups excluding carboxylic acids is 2. The van der Waals surface area contributed by atoms with Gasteiger partial charge in [0.1, 0.15) is 5.82 Å². The molecule has 2 aromatic heterocycles.